The fourth-order valence-corrected chi connectivity index (χ4v) is 1.83. The number of hydrogen-bond donors (Lipinski definition) is 3. The highest BCUT2D eigenvalue weighted by Gasteiger charge is 2.14. The SMILES string of the molecule is CNCC(=O)Nc1ccc2c(c1)CCC(=O)N2.Cl. The molecule has 0 bridgehead atoms. The normalized spacial score (nSPS) is 13.1. The van der Waals surface area contributed by atoms with E-state index in [0.29, 0.717) is 6.42 Å². The summed E-state index contributed by atoms with van der Waals surface area (Å²) in [6, 6.07) is 5.52. The summed E-state index contributed by atoms with van der Waals surface area (Å²) >= 11 is 0. The first-order valence-corrected chi connectivity index (χ1v) is 5.56. The molecule has 0 aliphatic carbocycles. The van der Waals surface area contributed by atoms with Crippen molar-refractivity contribution in [3.63, 3.8) is 0 Å². The van der Waals surface area contributed by atoms with Gasteiger partial charge in [0.2, 0.25) is 11.8 Å². The summed E-state index contributed by atoms with van der Waals surface area (Å²) in [4.78, 5) is 22.6. The van der Waals surface area contributed by atoms with Crippen LogP contribution in [0.15, 0.2) is 18.2 Å². The van der Waals surface area contributed by atoms with Crippen molar-refractivity contribution in [2.75, 3.05) is 24.2 Å². The number of aryl methyl sites for hydroxylation is 1. The van der Waals surface area contributed by atoms with E-state index in [0.717, 1.165) is 23.4 Å². The van der Waals surface area contributed by atoms with Gasteiger partial charge < -0.3 is 16.0 Å². The third-order valence-electron chi connectivity index (χ3n) is 2.62. The fourth-order valence-electron chi connectivity index (χ4n) is 1.83. The Kier molecular flexibility index (Phi) is 5.12. The zero-order valence-corrected chi connectivity index (χ0v) is 10.9. The van der Waals surface area contributed by atoms with Gasteiger partial charge in [-0.2, -0.15) is 0 Å². The van der Waals surface area contributed by atoms with E-state index in [2.05, 4.69) is 16.0 Å². The lowest BCUT2D eigenvalue weighted by molar-refractivity contribution is -0.116. The predicted octanol–water partition coefficient (Wildman–Crippen LogP) is 1.15. The number of anilines is 2. The van der Waals surface area contributed by atoms with Crippen LogP contribution >= 0.6 is 12.4 Å². The van der Waals surface area contributed by atoms with Gasteiger partial charge in [0.05, 0.1) is 6.54 Å². The Labute approximate surface area is 112 Å². The summed E-state index contributed by atoms with van der Waals surface area (Å²) in [6.45, 7) is 0.286. The number of rotatable bonds is 3. The van der Waals surface area contributed by atoms with Crippen molar-refractivity contribution in [3.8, 4) is 0 Å². The van der Waals surface area contributed by atoms with Gasteiger partial charge in [-0.15, -0.1) is 12.4 Å². The first-order valence-electron chi connectivity index (χ1n) is 5.56. The quantitative estimate of drug-likeness (QED) is 0.771. The Morgan fingerprint density at radius 3 is 2.89 bits per heavy atom. The molecule has 1 aliphatic heterocycles. The fraction of sp³-hybridized carbons (Fsp3) is 0.333. The summed E-state index contributed by atoms with van der Waals surface area (Å²) in [6.07, 6.45) is 1.22. The van der Waals surface area contributed by atoms with E-state index in [4.69, 9.17) is 0 Å². The maximum atomic E-state index is 11.4. The molecule has 1 aromatic carbocycles. The lowest BCUT2D eigenvalue weighted by Crippen LogP contribution is -2.25. The minimum absolute atomic E-state index is 0. The van der Waals surface area contributed by atoms with Crippen LogP contribution in [0.3, 0.4) is 0 Å². The molecule has 98 valence electrons. The van der Waals surface area contributed by atoms with Gasteiger partial charge in [0, 0.05) is 17.8 Å². The van der Waals surface area contributed by atoms with Crippen LogP contribution < -0.4 is 16.0 Å². The van der Waals surface area contributed by atoms with Crippen LogP contribution in [-0.2, 0) is 16.0 Å². The van der Waals surface area contributed by atoms with E-state index in [1.807, 2.05) is 12.1 Å². The van der Waals surface area contributed by atoms with Crippen LogP contribution in [0.5, 0.6) is 0 Å². The molecule has 3 N–H and O–H groups in total. The van der Waals surface area contributed by atoms with Crippen LogP contribution in [0.4, 0.5) is 11.4 Å². The van der Waals surface area contributed by atoms with Crippen molar-refractivity contribution in [1.29, 1.82) is 0 Å². The summed E-state index contributed by atoms with van der Waals surface area (Å²) in [7, 11) is 1.72. The van der Waals surface area contributed by atoms with Gasteiger partial charge in [0.25, 0.3) is 0 Å². The third-order valence-corrected chi connectivity index (χ3v) is 2.62. The number of likely N-dealkylation sites (N-methyl/N-ethyl adjacent to an activating group) is 1. The van der Waals surface area contributed by atoms with Crippen LogP contribution in [-0.4, -0.2) is 25.4 Å². The van der Waals surface area contributed by atoms with Crippen molar-refractivity contribution in [2.45, 2.75) is 12.8 Å². The average Bonchev–Trinajstić information content (AvgIpc) is 2.29. The number of carbonyl (C=O) groups is 2. The summed E-state index contributed by atoms with van der Waals surface area (Å²) in [5, 5.41) is 8.38. The molecule has 5 nitrogen and oxygen atoms in total. The molecule has 0 fully saturated rings. The number of fused-ring (bicyclic) bond motifs is 1. The number of nitrogens with one attached hydrogen (secondary N) is 3. The number of hydrogen-bond acceptors (Lipinski definition) is 3. The van der Waals surface area contributed by atoms with E-state index in [1.165, 1.54) is 0 Å². The van der Waals surface area contributed by atoms with Gasteiger partial charge >= 0.3 is 0 Å². The Bertz CT molecular complexity index is 463. The first-order chi connectivity index (χ1) is 8.19. The molecule has 6 heteroatoms. The highest BCUT2D eigenvalue weighted by atomic mass is 35.5. The third kappa shape index (κ3) is 3.45. The van der Waals surface area contributed by atoms with Crippen LogP contribution in [0.2, 0.25) is 0 Å². The second-order valence-corrected chi connectivity index (χ2v) is 4.00. The molecule has 0 saturated carbocycles. The first kappa shape index (κ1) is 14.5. The molecular weight excluding hydrogens is 254 g/mol. The largest absolute Gasteiger partial charge is 0.326 e. The molecule has 0 saturated heterocycles. The van der Waals surface area contributed by atoms with Gasteiger partial charge in [-0.1, -0.05) is 0 Å². The highest BCUT2D eigenvalue weighted by Crippen LogP contribution is 2.25. The molecule has 0 spiro atoms. The van der Waals surface area contributed by atoms with Crippen molar-refractivity contribution < 1.29 is 9.59 Å². The summed E-state index contributed by atoms with van der Waals surface area (Å²) < 4.78 is 0. The van der Waals surface area contributed by atoms with Gasteiger partial charge in [0.1, 0.15) is 0 Å². The highest BCUT2D eigenvalue weighted by molar-refractivity contribution is 5.96. The number of amides is 2. The summed E-state index contributed by atoms with van der Waals surface area (Å²) in [5.41, 5.74) is 2.67. The van der Waals surface area contributed by atoms with Gasteiger partial charge in [-0.05, 0) is 37.2 Å². The number of benzene rings is 1. The van der Waals surface area contributed by atoms with E-state index < -0.39 is 0 Å². The summed E-state index contributed by atoms with van der Waals surface area (Å²) in [5.74, 6) is -0.0308. The minimum Gasteiger partial charge on any atom is -0.326 e. The van der Waals surface area contributed by atoms with E-state index in [1.54, 1.807) is 13.1 Å². The van der Waals surface area contributed by atoms with Crippen LogP contribution in [0.25, 0.3) is 0 Å². The molecule has 0 unspecified atom stereocenters. The van der Waals surface area contributed by atoms with Crippen LogP contribution in [0, 0.1) is 0 Å². The van der Waals surface area contributed by atoms with Gasteiger partial charge in [0.15, 0.2) is 0 Å². The number of halogens is 1. The molecule has 1 aliphatic rings. The second-order valence-electron chi connectivity index (χ2n) is 4.00. The molecule has 1 heterocycles. The van der Waals surface area contributed by atoms with Crippen molar-refractivity contribution in [2.24, 2.45) is 0 Å². The van der Waals surface area contributed by atoms with Crippen molar-refractivity contribution in [3.05, 3.63) is 23.8 Å². The van der Waals surface area contributed by atoms with E-state index >= 15 is 0 Å². The predicted molar refractivity (Wildman–Crippen MR) is 73.2 cm³/mol. The molecule has 18 heavy (non-hydrogen) atoms. The molecule has 2 amide bonds. The maximum absolute atomic E-state index is 11.4. The molecule has 2 rings (SSSR count). The lowest BCUT2D eigenvalue weighted by atomic mass is 10.0. The molecule has 0 radical (unpaired) electrons. The van der Waals surface area contributed by atoms with Crippen molar-refractivity contribution >= 4 is 35.6 Å². The van der Waals surface area contributed by atoms with Crippen molar-refractivity contribution in [1.82, 2.24) is 5.32 Å². The van der Waals surface area contributed by atoms with E-state index in [9.17, 15) is 9.59 Å². The zero-order chi connectivity index (χ0) is 12.3. The monoisotopic (exact) mass is 269 g/mol. The second kappa shape index (κ2) is 6.37. The molecule has 0 aromatic heterocycles. The van der Waals surface area contributed by atoms with Crippen LogP contribution in [0.1, 0.15) is 12.0 Å². The molecular formula is C12H16ClN3O2. The number of carbonyl (C=O) groups excluding carboxylic acids is 2. The molecule has 0 atom stereocenters. The van der Waals surface area contributed by atoms with Gasteiger partial charge in [-0.3, -0.25) is 9.59 Å². The standard InChI is InChI=1S/C12H15N3O2.ClH/c1-13-7-12(17)14-9-3-4-10-8(6-9)2-5-11(16)15-10;/h3-4,6,13H,2,5,7H2,1H3,(H,14,17)(H,15,16);1H. The lowest BCUT2D eigenvalue weighted by Gasteiger charge is -2.17. The van der Waals surface area contributed by atoms with Gasteiger partial charge in [-0.25, -0.2) is 0 Å². The average molecular weight is 270 g/mol. The molecule has 1 aromatic rings. The zero-order valence-electron chi connectivity index (χ0n) is 10.1. The Morgan fingerprint density at radius 1 is 1.39 bits per heavy atom. The Morgan fingerprint density at radius 2 is 2.17 bits per heavy atom. The maximum Gasteiger partial charge on any atom is 0.238 e. The topological polar surface area (TPSA) is 70.2 Å². The Balaban J connectivity index is 0.00000162. The van der Waals surface area contributed by atoms with E-state index in [-0.39, 0.29) is 30.8 Å². The smallest absolute Gasteiger partial charge is 0.238 e. The Hall–Kier alpha value is -1.59. The minimum atomic E-state index is -0.0766.